The average Bonchev–Trinajstić information content (AvgIpc) is 3.12. The van der Waals surface area contributed by atoms with Gasteiger partial charge in [-0.25, -0.2) is 9.78 Å². The van der Waals surface area contributed by atoms with Gasteiger partial charge in [-0.05, 0) is 12.1 Å². The number of nitrogens with zero attached hydrogens (tertiary/aromatic N) is 4. The first kappa shape index (κ1) is 15.0. The van der Waals surface area contributed by atoms with E-state index in [0.29, 0.717) is 11.7 Å². The Labute approximate surface area is 140 Å². The summed E-state index contributed by atoms with van der Waals surface area (Å²) in [7, 11) is 0. The van der Waals surface area contributed by atoms with Crippen LogP contribution in [0.15, 0.2) is 38.6 Å². The second-order valence-corrected chi connectivity index (χ2v) is 6.66. The maximum absolute atomic E-state index is 12.6. The largest absolute Gasteiger partial charge is 0.467 e. The molecule has 0 spiro atoms. The number of fused-ring (bicyclic) bond motifs is 1. The molecule has 0 radical (unpaired) electrons. The van der Waals surface area contributed by atoms with E-state index in [1.165, 1.54) is 12.5 Å². The summed E-state index contributed by atoms with van der Waals surface area (Å²) in [5, 5.41) is 0.288. The van der Waals surface area contributed by atoms with Gasteiger partial charge in [-0.15, -0.1) is 0 Å². The van der Waals surface area contributed by atoms with E-state index in [0.717, 1.165) is 29.2 Å². The van der Waals surface area contributed by atoms with E-state index in [-0.39, 0.29) is 17.6 Å². The third-order valence-corrected chi connectivity index (χ3v) is 4.85. The molecule has 24 heavy (non-hydrogen) atoms. The van der Waals surface area contributed by atoms with Crippen molar-refractivity contribution in [3.8, 4) is 0 Å². The topological polar surface area (TPSA) is 97.0 Å². The predicted molar refractivity (Wildman–Crippen MR) is 91.8 cm³/mol. The van der Waals surface area contributed by atoms with Gasteiger partial charge >= 0.3 is 5.69 Å². The Morgan fingerprint density at radius 3 is 2.88 bits per heavy atom. The van der Waals surface area contributed by atoms with E-state index in [9.17, 15) is 9.59 Å². The van der Waals surface area contributed by atoms with Crippen molar-refractivity contribution in [2.45, 2.75) is 6.54 Å². The van der Waals surface area contributed by atoms with Gasteiger partial charge in [0.25, 0.3) is 5.56 Å². The Hall–Kier alpha value is -2.55. The molecule has 3 aromatic rings. The minimum Gasteiger partial charge on any atom is -0.467 e. The minimum atomic E-state index is -0.511. The Morgan fingerprint density at radius 1 is 1.29 bits per heavy atom. The van der Waals surface area contributed by atoms with Crippen LogP contribution in [-0.2, 0) is 6.54 Å². The third-order valence-electron chi connectivity index (χ3n) is 3.91. The smallest absolute Gasteiger partial charge is 0.330 e. The van der Waals surface area contributed by atoms with Crippen LogP contribution in [0.25, 0.3) is 11.0 Å². The summed E-state index contributed by atoms with van der Waals surface area (Å²) in [5.41, 5.74) is -0.669. The molecule has 0 aliphatic carbocycles. The normalized spacial score (nSPS) is 15.1. The van der Waals surface area contributed by atoms with Crippen molar-refractivity contribution < 1.29 is 4.42 Å². The molecule has 1 N–H and O–H groups in total. The Bertz CT molecular complexity index is 973. The lowest BCUT2D eigenvalue weighted by Crippen LogP contribution is -2.37. The first-order valence-electron chi connectivity index (χ1n) is 7.57. The van der Waals surface area contributed by atoms with Gasteiger partial charge in [0.1, 0.15) is 11.1 Å². The van der Waals surface area contributed by atoms with E-state index < -0.39 is 11.2 Å². The van der Waals surface area contributed by atoms with Gasteiger partial charge in [0.05, 0.1) is 12.8 Å². The average molecular weight is 345 g/mol. The molecule has 1 aliphatic rings. The van der Waals surface area contributed by atoms with Crippen LogP contribution in [0.1, 0.15) is 5.76 Å². The van der Waals surface area contributed by atoms with E-state index >= 15 is 0 Å². The number of aromatic amines is 1. The number of aromatic nitrogens is 4. The van der Waals surface area contributed by atoms with Crippen molar-refractivity contribution in [1.82, 2.24) is 19.5 Å². The number of rotatable bonds is 3. The number of furan rings is 1. The fraction of sp³-hybridized carbons (Fsp3) is 0.333. The summed E-state index contributed by atoms with van der Waals surface area (Å²) in [4.78, 5) is 38.2. The zero-order valence-corrected chi connectivity index (χ0v) is 13.6. The zero-order chi connectivity index (χ0) is 16.5. The van der Waals surface area contributed by atoms with Crippen LogP contribution < -0.4 is 16.1 Å². The lowest BCUT2D eigenvalue weighted by atomic mass is 10.3. The van der Waals surface area contributed by atoms with Crippen molar-refractivity contribution in [1.29, 1.82) is 0 Å². The maximum Gasteiger partial charge on any atom is 0.330 e. The van der Waals surface area contributed by atoms with Gasteiger partial charge in [0, 0.05) is 30.8 Å². The quantitative estimate of drug-likeness (QED) is 0.745. The summed E-state index contributed by atoms with van der Waals surface area (Å²) in [6.07, 6.45) is 2.98. The lowest BCUT2D eigenvalue weighted by Gasteiger charge is -2.26. The predicted octanol–water partition coefficient (Wildman–Crippen LogP) is 0.674. The Morgan fingerprint density at radius 2 is 2.12 bits per heavy atom. The molecule has 4 heterocycles. The molecule has 0 saturated carbocycles. The van der Waals surface area contributed by atoms with Crippen LogP contribution in [0.3, 0.4) is 0 Å². The molecule has 0 unspecified atom stereocenters. The van der Waals surface area contributed by atoms with Gasteiger partial charge in [-0.2, -0.15) is 16.7 Å². The molecule has 1 saturated heterocycles. The van der Waals surface area contributed by atoms with Crippen LogP contribution in [0.5, 0.6) is 0 Å². The molecule has 0 amide bonds. The molecule has 8 nitrogen and oxygen atoms in total. The molecule has 0 bridgehead atoms. The number of H-pyrrole nitrogens is 1. The SMILES string of the molecule is O=c1[nH]c2nc(N3CCSCC3)ncc2c(=O)n1Cc1ccco1. The summed E-state index contributed by atoms with van der Waals surface area (Å²) < 4.78 is 6.29. The highest BCUT2D eigenvalue weighted by atomic mass is 32.2. The highest BCUT2D eigenvalue weighted by molar-refractivity contribution is 7.99. The summed E-state index contributed by atoms with van der Waals surface area (Å²) >= 11 is 1.89. The molecule has 4 rings (SSSR count). The van der Waals surface area contributed by atoms with Crippen LogP contribution in [-0.4, -0.2) is 44.1 Å². The number of hydrogen-bond donors (Lipinski definition) is 1. The number of hydrogen-bond acceptors (Lipinski definition) is 7. The second kappa shape index (κ2) is 6.16. The molecule has 0 atom stereocenters. The highest BCUT2D eigenvalue weighted by Crippen LogP contribution is 2.16. The first-order chi connectivity index (χ1) is 11.7. The molecule has 9 heteroatoms. The van der Waals surface area contributed by atoms with Crippen LogP contribution in [0, 0.1) is 0 Å². The van der Waals surface area contributed by atoms with Crippen LogP contribution in [0.2, 0.25) is 0 Å². The van der Waals surface area contributed by atoms with Crippen molar-refractivity contribution in [2.24, 2.45) is 0 Å². The second-order valence-electron chi connectivity index (χ2n) is 5.43. The van der Waals surface area contributed by atoms with Crippen LogP contribution >= 0.6 is 11.8 Å². The molecule has 1 aliphatic heterocycles. The molecule has 1 fully saturated rings. The van der Waals surface area contributed by atoms with Gasteiger partial charge in [0.15, 0.2) is 5.65 Å². The summed E-state index contributed by atoms with van der Waals surface area (Å²) in [5.74, 6) is 3.11. The van der Waals surface area contributed by atoms with Crippen molar-refractivity contribution in [3.05, 3.63) is 51.2 Å². The number of anilines is 1. The van der Waals surface area contributed by atoms with E-state index in [4.69, 9.17) is 4.42 Å². The minimum absolute atomic E-state index is 0.0716. The Balaban J connectivity index is 1.76. The number of nitrogens with one attached hydrogen (secondary N) is 1. The van der Waals surface area contributed by atoms with Crippen LogP contribution in [0.4, 0.5) is 5.95 Å². The molecular formula is C15H15N5O3S. The third kappa shape index (κ3) is 2.71. The van der Waals surface area contributed by atoms with E-state index in [1.807, 2.05) is 11.8 Å². The van der Waals surface area contributed by atoms with Gasteiger partial charge in [-0.1, -0.05) is 0 Å². The summed E-state index contributed by atoms with van der Waals surface area (Å²) in [6.45, 7) is 1.79. The fourth-order valence-electron chi connectivity index (χ4n) is 2.65. The van der Waals surface area contributed by atoms with E-state index in [2.05, 4.69) is 19.9 Å². The molecule has 0 aromatic carbocycles. The maximum atomic E-state index is 12.6. The lowest BCUT2D eigenvalue weighted by molar-refractivity contribution is 0.484. The molecule has 3 aromatic heterocycles. The highest BCUT2D eigenvalue weighted by Gasteiger charge is 2.16. The fourth-order valence-corrected chi connectivity index (χ4v) is 3.55. The van der Waals surface area contributed by atoms with E-state index in [1.54, 1.807) is 12.1 Å². The molecule has 124 valence electrons. The van der Waals surface area contributed by atoms with Gasteiger partial charge < -0.3 is 9.32 Å². The first-order valence-corrected chi connectivity index (χ1v) is 8.73. The van der Waals surface area contributed by atoms with Crippen molar-refractivity contribution >= 4 is 28.7 Å². The Kier molecular flexibility index (Phi) is 3.85. The summed E-state index contributed by atoms with van der Waals surface area (Å²) in [6, 6.07) is 3.42. The standard InChI is InChI=1S/C15H15N5O3S/c21-13-11-8-16-14(19-3-6-24-7-4-19)17-12(11)18-15(22)20(13)9-10-2-1-5-23-10/h1-2,5,8H,3-4,6-7,9H2,(H,16,17,18,22). The molecular weight excluding hydrogens is 330 g/mol. The van der Waals surface area contributed by atoms with Crippen molar-refractivity contribution in [2.75, 3.05) is 29.5 Å². The van der Waals surface area contributed by atoms with Crippen molar-refractivity contribution in [3.63, 3.8) is 0 Å². The van der Waals surface area contributed by atoms with Gasteiger partial charge in [0.2, 0.25) is 5.95 Å². The monoisotopic (exact) mass is 345 g/mol. The van der Waals surface area contributed by atoms with Gasteiger partial charge in [-0.3, -0.25) is 14.3 Å². The number of thioether (sulfide) groups is 1. The zero-order valence-electron chi connectivity index (χ0n) is 12.8.